The van der Waals surface area contributed by atoms with Gasteiger partial charge in [-0.15, -0.1) is 0 Å². The van der Waals surface area contributed by atoms with Gasteiger partial charge in [0.05, 0.1) is 23.3 Å². The number of benzene rings is 1. The molecule has 2 heterocycles. The van der Waals surface area contributed by atoms with Gasteiger partial charge in [0.1, 0.15) is 5.82 Å². The van der Waals surface area contributed by atoms with Crippen LogP contribution in [0, 0.1) is 5.92 Å². The highest BCUT2D eigenvalue weighted by atomic mass is 16.1. The number of hydrogen-bond donors (Lipinski definition) is 2. The summed E-state index contributed by atoms with van der Waals surface area (Å²) < 4.78 is 1.70. The number of aryl methyl sites for hydroxylation is 1. The molecule has 0 aliphatic rings. The minimum absolute atomic E-state index is 0.144. The molecule has 6 heteroatoms. The van der Waals surface area contributed by atoms with Crippen LogP contribution in [0.3, 0.4) is 0 Å². The van der Waals surface area contributed by atoms with Gasteiger partial charge in [0.25, 0.3) is 0 Å². The summed E-state index contributed by atoms with van der Waals surface area (Å²) in [6.45, 7) is 4.22. The van der Waals surface area contributed by atoms with E-state index in [0.717, 1.165) is 28.8 Å². The van der Waals surface area contributed by atoms with Gasteiger partial charge in [0, 0.05) is 24.9 Å². The second kappa shape index (κ2) is 7.34. The molecule has 0 aliphatic carbocycles. The molecule has 0 saturated heterocycles. The fraction of sp³-hybridized carbons (Fsp3) is 0.316. The van der Waals surface area contributed by atoms with Crippen LogP contribution in [0.5, 0.6) is 0 Å². The molecule has 2 N–H and O–H groups in total. The van der Waals surface area contributed by atoms with E-state index in [1.165, 1.54) is 6.08 Å². The van der Waals surface area contributed by atoms with E-state index in [4.69, 9.17) is 0 Å². The first-order valence-corrected chi connectivity index (χ1v) is 8.48. The van der Waals surface area contributed by atoms with Crippen LogP contribution in [0.2, 0.25) is 0 Å². The van der Waals surface area contributed by atoms with Crippen LogP contribution in [0.1, 0.15) is 37.7 Å². The number of nitrogens with one attached hydrogen (secondary N) is 2. The van der Waals surface area contributed by atoms with Crippen molar-refractivity contribution in [2.45, 2.75) is 26.3 Å². The number of aromatic amines is 1. The fourth-order valence-electron chi connectivity index (χ4n) is 2.74. The number of carbonyl (C=O) groups is 1. The number of nitrogens with zero attached hydrogens (tertiary/aromatic N) is 3. The summed E-state index contributed by atoms with van der Waals surface area (Å²) in [5, 5.41) is 7.16. The van der Waals surface area contributed by atoms with Gasteiger partial charge in [-0.3, -0.25) is 9.48 Å². The van der Waals surface area contributed by atoms with Crippen molar-refractivity contribution in [3.63, 3.8) is 0 Å². The van der Waals surface area contributed by atoms with Crippen LogP contribution in [0.4, 0.5) is 0 Å². The first-order valence-electron chi connectivity index (χ1n) is 8.48. The van der Waals surface area contributed by atoms with Gasteiger partial charge in [0.15, 0.2) is 0 Å². The highest BCUT2D eigenvalue weighted by molar-refractivity contribution is 5.92. The standard InChI is InChI=1S/C19H23N5O/c1-4-13(2)18(19-21-15-7-5-6-8-16(15)22-19)23-17(25)10-9-14-11-20-24(3)12-14/h5-13,18H,4H2,1-3H3,(H,21,22)(H,23,25)/b10-9-/t13-,18+/m0/s1. The lowest BCUT2D eigenvalue weighted by atomic mass is 9.98. The summed E-state index contributed by atoms with van der Waals surface area (Å²) in [4.78, 5) is 20.4. The van der Waals surface area contributed by atoms with Gasteiger partial charge in [-0.25, -0.2) is 4.98 Å². The van der Waals surface area contributed by atoms with E-state index in [-0.39, 0.29) is 17.9 Å². The number of para-hydroxylation sites is 2. The number of rotatable bonds is 6. The molecule has 0 spiro atoms. The number of fused-ring (bicyclic) bond motifs is 1. The van der Waals surface area contributed by atoms with E-state index < -0.39 is 0 Å². The Morgan fingerprint density at radius 3 is 2.88 bits per heavy atom. The number of aromatic nitrogens is 4. The molecule has 3 aromatic rings. The second-order valence-electron chi connectivity index (χ2n) is 6.29. The maximum absolute atomic E-state index is 12.4. The van der Waals surface area contributed by atoms with E-state index in [1.807, 2.05) is 37.5 Å². The van der Waals surface area contributed by atoms with E-state index in [9.17, 15) is 4.79 Å². The SMILES string of the molecule is CC[C@H](C)[C@@H](NC(=O)/C=C\c1cnn(C)c1)c1nc2ccccc2[nH]1. The summed E-state index contributed by atoms with van der Waals surface area (Å²) in [6.07, 6.45) is 7.81. The second-order valence-corrected chi connectivity index (χ2v) is 6.29. The molecule has 130 valence electrons. The van der Waals surface area contributed by atoms with Crippen molar-refractivity contribution in [3.05, 3.63) is 54.1 Å². The minimum atomic E-state index is -0.163. The lowest BCUT2D eigenvalue weighted by molar-refractivity contribution is -0.117. The Morgan fingerprint density at radius 1 is 1.40 bits per heavy atom. The zero-order valence-electron chi connectivity index (χ0n) is 14.7. The van der Waals surface area contributed by atoms with Crippen molar-refractivity contribution in [3.8, 4) is 0 Å². The first-order chi connectivity index (χ1) is 12.1. The third-order valence-electron chi connectivity index (χ3n) is 4.37. The fourth-order valence-corrected chi connectivity index (χ4v) is 2.74. The zero-order chi connectivity index (χ0) is 17.8. The monoisotopic (exact) mass is 337 g/mol. The van der Waals surface area contributed by atoms with Crippen molar-refractivity contribution >= 4 is 23.0 Å². The molecule has 3 rings (SSSR count). The van der Waals surface area contributed by atoms with E-state index >= 15 is 0 Å². The van der Waals surface area contributed by atoms with Crippen molar-refractivity contribution in [2.75, 3.05) is 0 Å². The van der Waals surface area contributed by atoms with Gasteiger partial charge in [-0.1, -0.05) is 32.4 Å². The third-order valence-corrected chi connectivity index (χ3v) is 4.37. The van der Waals surface area contributed by atoms with Crippen molar-refractivity contribution in [2.24, 2.45) is 13.0 Å². The zero-order valence-corrected chi connectivity index (χ0v) is 14.7. The Bertz CT molecular complexity index is 859. The highest BCUT2D eigenvalue weighted by Crippen LogP contribution is 2.24. The molecule has 0 aliphatic heterocycles. The third kappa shape index (κ3) is 3.96. The number of H-pyrrole nitrogens is 1. The largest absolute Gasteiger partial charge is 0.342 e. The summed E-state index contributed by atoms with van der Waals surface area (Å²) in [6, 6.07) is 7.72. The maximum Gasteiger partial charge on any atom is 0.244 e. The Morgan fingerprint density at radius 2 is 2.20 bits per heavy atom. The molecule has 0 fully saturated rings. The molecular formula is C19H23N5O. The quantitative estimate of drug-likeness (QED) is 0.678. The molecule has 0 bridgehead atoms. The number of hydrogen-bond acceptors (Lipinski definition) is 3. The summed E-state index contributed by atoms with van der Waals surface area (Å²) in [7, 11) is 1.85. The van der Waals surface area contributed by atoms with Crippen LogP contribution >= 0.6 is 0 Å². The molecule has 1 aromatic carbocycles. The molecule has 0 radical (unpaired) electrons. The molecule has 0 unspecified atom stereocenters. The van der Waals surface area contributed by atoms with Crippen LogP contribution < -0.4 is 5.32 Å². The molecule has 2 aromatic heterocycles. The Labute approximate surface area is 147 Å². The normalized spacial score (nSPS) is 14.0. The molecule has 6 nitrogen and oxygen atoms in total. The van der Waals surface area contributed by atoms with Gasteiger partial charge in [-0.2, -0.15) is 5.10 Å². The Kier molecular flexibility index (Phi) is 4.97. The number of carbonyl (C=O) groups excluding carboxylic acids is 1. The van der Waals surface area contributed by atoms with Crippen molar-refractivity contribution in [1.29, 1.82) is 0 Å². The van der Waals surface area contributed by atoms with Crippen LogP contribution in [0.15, 0.2) is 42.7 Å². The van der Waals surface area contributed by atoms with E-state index in [1.54, 1.807) is 17.0 Å². The summed E-state index contributed by atoms with van der Waals surface area (Å²) >= 11 is 0. The summed E-state index contributed by atoms with van der Waals surface area (Å²) in [5.74, 6) is 0.907. The van der Waals surface area contributed by atoms with Gasteiger partial charge in [0.2, 0.25) is 5.91 Å². The molecule has 1 amide bonds. The predicted octanol–water partition coefficient (Wildman–Crippen LogP) is 3.21. The van der Waals surface area contributed by atoms with Crippen LogP contribution in [0.25, 0.3) is 17.1 Å². The highest BCUT2D eigenvalue weighted by Gasteiger charge is 2.22. The molecule has 2 atom stereocenters. The van der Waals surface area contributed by atoms with Crippen LogP contribution in [-0.2, 0) is 11.8 Å². The Hall–Kier alpha value is -2.89. The first kappa shape index (κ1) is 17.0. The van der Waals surface area contributed by atoms with Crippen molar-refractivity contribution in [1.82, 2.24) is 25.1 Å². The Balaban J connectivity index is 1.78. The topological polar surface area (TPSA) is 75.6 Å². The maximum atomic E-state index is 12.4. The molecule has 25 heavy (non-hydrogen) atoms. The van der Waals surface area contributed by atoms with Crippen LogP contribution in [-0.4, -0.2) is 25.7 Å². The van der Waals surface area contributed by atoms with Gasteiger partial charge in [-0.05, 0) is 24.1 Å². The van der Waals surface area contributed by atoms with E-state index in [2.05, 4.69) is 34.2 Å². The lowest BCUT2D eigenvalue weighted by Crippen LogP contribution is -2.32. The average molecular weight is 337 g/mol. The molecular weight excluding hydrogens is 314 g/mol. The summed E-state index contributed by atoms with van der Waals surface area (Å²) in [5.41, 5.74) is 2.78. The van der Waals surface area contributed by atoms with Crippen molar-refractivity contribution < 1.29 is 4.79 Å². The number of amides is 1. The molecule has 0 saturated carbocycles. The average Bonchev–Trinajstić information content (AvgIpc) is 3.22. The van der Waals surface area contributed by atoms with Gasteiger partial charge < -0.3 is 10.3 Å². The lowest BCUT2D eigenvalue weighted by Gasteiger charge is -2.21. The smallest absolute Gasteiger partial charge is 0.244 e. The number of imidazole rings is 1. The van der Waals surface area contributed by atoms with Gasteiger partial charge >= 0.3 is 0 Å². The predicted molar refractivity (Wildman–Crippen MR) is 98.7 cm³/mol. The minimum Gasteiger partial charge on any atom is -0.342 e. The van der Waals surface area contributed by atoms with E-state index in [0.29, 0.717) is 0 Å².